The van der Waals surface area contributed by atoms with Gasteiger partial charge in [-0.3, -0.25) is 0 Å². The summed E-state index contributed by atoms with van der Waals surface area (Å²) in [4.78, 5) is 0. The maximum absolute atomic E-state index is 5.86. The first-order chi connectivity index (χ1) is 7.10. The zero-order valence-corrected chi connectivity index (χ0v) is 9.86. The molecule has 0 saturated heterocycles. The summed E-state index contributed by atoms with van der Waals surface area (Å²) < 4.78 is 5.53. The van der Waals surface area contributed by atoms with Crippen LogP contribution in [-0.2, 0) is 4.74 Å². The van der Waals surface area contributed by atoms with Gasteiger partial charge in [0.2, 0.25) is 0 Å². The van der Waals surface area contributed by atoms with Crippen molar-refractivity contribution in [2.75, 3.05) is 13.1 Å². The van der Waals surface area contributed by atoms with Gasteiger partial charge in [0.1, 0.15) is 12.5 Å². The van der Waals surface area contributed by atoms with Crippen molar-refractivity contribution in [1.82, 2.24) is 0 Å². The third-order valence-electron chi connectivity index (χ3n) is 2.90. The van der Waals surface area contributed by atoms with Crippen molar-refractivity contribution in [2.45, 2.75) is 39.1 Å². The summed E-state index contributed by atoms with van der Waals surface area (Å²) >= 11 is 0. The predicted octanol–water partition coefficient (Wildman–Crippen LogP) is -0.458. The first kappa shape index (κ1) is 14.8. The minimum Gasteiger partial charge on any atom is -0.345 e. The minimum atomic E-state index is -0.393. The van der Waals surface area contributed by atoms with Gasteiger partial charge in [-0.25, -0.2) is 0 Å². The van der Waals surface area contributed by atoms with Crippen molar-refractivity contribution in [2.24, 2.45) is 34.8 Å². The molecule has 4 unspecified atom stereocenters. The third-order valence-corrected chi connectivity index (χ3v) is 2.90. The molecule has 0 rings (SSSR count). The highest BCUT2D eigenvalue weighted by molar-refractivity contribution is 4.69. The van der Waals surface area contributed by atoms with E-state index >= 15 is 0 Å². The van der Waals surface area contributed by atoms with E-state index in [1.807, 2.05) is 13.8 Å². The molecule has 5 nitrogen and oxygen atoms in total. The van der Waals surface area contributed by atoms with Gasteiger partial charge in [-0.2, -0.15) is 0 Å². The van der Waals surface area contributed by atoms with Crippen LogP contribution in [0.25, 0.3) is 0 Å². The van der Waals surface area contributed by atoms with Gasteiger partial charge >= 0.3 is 0 Å². The molecule has 0 radical (unpaired) electrons. The molecule has 0 saturated carbocycles. The van der Waals surface area contributed by atoms with E-state index in [1.165, 1.54) is 0 Å². The van der Waals surface area contributed by atoms with E-state index in [-0.39, 0.29) is 11.8 Å². The van der Waals surface area contributed by atoms with Crippen LogP contribution >= 0.6 is 0 Å². The van der Waals surface area contributed by atoms with E-state index in [0.717, 1.165) is 12.8 Å². The Balaban J connectivity index is 4.08. The fourth-order valence-electron chi connectivity index (χ4n) is 1.47. The molecule has 0 fully saturated rings. The van der Waals surface area contributed by atoms with Crippen LogP contribution in [0.5, 0.6) is 0 Å². The van der Waals surface area contributed by atoms with E-state index in [4.69, 9.17) is 27.7 Å². The molecule has 0 amide bonds. The molecule has 8 N–H and O–H groups in total. The molecule has 0 spiro atoms. The Hall–Kier alpha value is -0.200. The molecule has 5 heteroatoms. The van der Waals surface area contributed by atoms with Gasteiger partial charge in [0.05, 0.1) is 0 Å². The molecule has 0 aromatic heterocycles. The fourth-order valence-corrected chi connectivity index (χ4v) is 1.47. The van der Waals surface area contributed by atoms with E-state index in [9.17, 15) is 0 Å². The van der Waals surface area contributed by atoms with Gasteiger partial charge in [-0.1, -0.05) is 13.8 Å². The average Bonchev–Trinajstić information content (AvgIpc) is 2.21. The van der Waals surface area contributed by atoms with Gasteiger partial charge < -0.3 is 27.7 Å². The standard InChI is InChI=1S/C10H26N4O/c1-3-7(5-11)9(13)15-10(14)8(4-2)6-12/h7-10H,3-6,11-14H2,1-2H3. The lowest BCUT2D eigenvalue weighted by molar-refractivity contribution is -0.0608. The van der Waals surface area contributed by atoms with Crippen LogP contribution in [0.15, 0.2) is 0 Å². The molecule has 15 heavy (non-hydrogen) atoms. The van der Waals surface area contributed by atoms with E-state index in [1.54, 1.807) is 0 Å². The van der Waals surface area contributed by atoms with E-state index in [2.05, 4.69) is 0 Å². The van der Waals surface area contributed by atoms with Gasteiger partial charge in [-0.05, 0) is 25.9 Å². The van der Waals surface area contributed by atoms with Gasteiger partial charge in [-0.15, -0.1) is 0 Å². The summed E-state index contributed by atoms with van der Waals surface area (Å²) in [6.45, 7) is 5.10. The Morgan fingerprint density at radius 2 is 1.20 bits per heavy atom. The molecule has 0 heterocycles. The normalized spacial score (nSPS) is 19.6. The van der Waals surface area contributed by atoms with Gasteiger partial charge in [0.15, 0.2) is 0 Å². The van der Waals surface area contributed by atoms with Gasteiger partial charge in [0.25, 0.3) is 0 Å². The minimum absolute atomic E-state index is 0.159. The lowest BCUT2D eigenvalue weighted by Crippen LogP contribution is -2.46. The molecular weight excluding hydrogens is 192 g/mol. The second-order valence-electron chi connectivity index (χ2n) is 3.87. The summed E-state index contributed by atoms with van der Waals surface area (Å²) in [5.74, 6) is 0.317. The second-order valence-corrected chi connectivity index (χ2v) is 3.87. The molecular formula is C10H26N4O. The number of hydrogen-bond acceptors (Lipinski definition) is 5. The van der Waals surface area contributed by atoms with Crippen molar-refractivity contribution in [3.63, 3.8) is 0 Å². The maximum Gasteiger partial charge on any atom is 0.111 e. The van der Waals surface area contributed by atoms with E-state index < -0.39 is 12.5 Å². The van der Waals surface area contributed by atoms with Crippen LogP contribution in [0.3, 0.4) is 0 Å². The van der Waals surface area contributed by atoms with Crippen molar-refractivity contribution in [3.8, 4) is 0 Å². The molecule has 0 aliphatic carbocycles. The van der Waals surface area contributed by atoms with Gasteiger partial charge in [0, 0.05) is 11.8 Å². The molecule has 92 valence electrons. The third kappa shape index (κ3) is 4.90. The lowest BCUT2D eigenvalue weighted by Gasteiger charge is -2.28. The van der Waals surface area contributed by atoms with E-state index in [0.29, 0.717) is 13.1 Å². The Morgan fingerprint density at radius 3 is 1.40 bits per heavy atom. The van der Waals surface area contributed by atoms with Crippen LogP contribution < -0.4 is 22.9 Å². The number of hydrogen-bond donors (Lipinski definition) is 4. The quantitative estimate of drug-likeness (QED) is 0.412. The first-order valence-electron chi connectivity index (χ1n) is 5.67. The Morgan fingerprint density at radius 1 is 0.867 bits per heavy atom. The molecule has 0 aliphatic heterocycles. The molecule has 0 bridgehead atoms. The number of ether oxygens (including phenoxy) is 1. The van der Waals surface area contributed by atoms with Crippen LogP contribution in [0.4, 0.5) is 0 Å². The highest BCUT2D eigenvalue weighted by Crippen LogP contribution is 2.12. The maximum atomic E-state index is 5.86. The Bertz CT molecular complexity index is 132. The summed E-state index contributed by atoms with van der Waals surface area (Å²) in [5, 5.41) is 0. The molecule has 0 aromatic rings. The van der Waals surface area contributed by atoms with Crippen molar-refractivity contribution in [1.29, 1.82) is 0 Å². The van der Waals surface area contributed by atoms with Crippen molar-refractivity contribution >= 4 is 0 Å². The van der Waals surface area contributed by atoms with Crippen molar-refractivity contribution < 1.29 is 4.74 Å². The summed E-state index contributed by atoms with van der Waals surface area (Å²) in [7, 11) is 0. The Labute approximate surface area is 92.5 Å². The van der Waals surface area contributed by atoms with Crippen LogP contribution in [0.2, 0.25) is 0 Å². The summed E-state index contributed by atoms with van der Waals surface area (Å²) in [6.07, 6.45) is 0.999. The SMILES string of the molecule is CCC(CN)C(N)OC(N)C(CC)CN. The van der Waals surface area contributed by atoms with Crippen molar-refractivity contribution in [3.05, 3.63) is 0 Å². The number of nitrogens with two attached hydrogens (primary N) is 4. The highest BCUT2D eigenvalue weighted by atomic mass is 16.5. The number of rotatable bonds is 8. The zero-order valence-electron chi connectivity index (χ0n) is 9.86. The predicted molar refractivity (Wildman–Crippen MR) is 62.7 cm³/mol. The smallest absolute Gasteiger partial charge is 0.111 e. The topological polar surface area (TPSA) is 113 Å². The zero-order chi connectivity index (χ0) is 11.8. The monoisotopic (exact) mass is 218 g/mol. The first-order valence-corrected chi connectivity index (χ1v) is 5.67. The van der Waals surface area contributed by atoms with Crippen LogP contribution in [0.1, 0.15) is 26.7 Å². The van der Waals surface area contributed by atoms with Crippen LogP contribution in [-0.4, -0.2) is 25.5 Å². The second kappa shape index (κ2) is 8.01. The largest absolute Gasteiger partial charge is 0.345 e. The molecule has 4 atom stereocenters. The Kier molecular flexibility index (Phi) is 7.90. The fraction of sp³-hybridized carbons (Fsp3) is 1.00. The summed E-state index contributed by atoms with van der Waals surface area (Å²) in [5.41, 5.74) is 22.9. The average molecular weight is 218 g/mol. The molecule has 0 aliphatic rings. The molecule has 0 aromatic carbocycles. The summed E-state index contributed by atoms with van der Waals surface area (Å²) in [6, 6.07) is 0. The van der Waals surface area contributed by atoms with Crippen LogP contribution in [0, 0.1) is 11.8 Å². The highest BCUT2D eigenvalue weighted by Gasteiger charge is 2.22. The lowest BCUT2D eigenvalue weighted by atomic mass is 10.0.